The second kappa shape index (κ2) is 7.68. The zero-order chi connectivity index (χ0) is 16.8. The minimum atomic E-state index is -1.59. The van der Waals surface area contributed by atoms with Crippen LogP contribution in [-0.2, 0) is 19.7 Å². The quantitative estimate of drug-likeness (QED) is 0.318. The van der Waals surface area contributed by atoms with Crippen molar-refractivity contribution in [1.82, 2.24) is 0 Å². The normalized spacial score (nSPS) is 14.7. The van der Waals surface area contributed by atoms with Crippen molar-refractivity contribution in [1.29, 1.82) is 0 Å². The number of hydrogen-bond donors (Lipinski definition) is 0. The van der Waals surface area contributed by atoms with Crippen molar-refractivity contribution in [3.8, 4) is 0 Å². The van der Waals surface area contributed by atoms with Crippen molar-refractivity contribution in [2.75, 3.05) is 13.2 Å². The molecule has 0 heterocycles. The highest BCUT2D eigenvalue weighted by atomic mass is 16.6. The third-order valence-corrected chi connectivity index (χ3v) is 3.82. The lowest BCUT2D eigenvalue weighted by Gasteiger charge is -2.32. The Bertz CT molecular complexity index is 540. The Hall–Kier alpha value is -2.24. The lowest BCUT2D eigenvalue weighted by Crippen LogP contribution is -2.50. The minimum absolute atomic E-state index is 0.0967. The second-order valence-corrected chi connectivity index (χ2v) is 5.20. The molecule has 0 fully saturated rings. The van der Waals surface area contributed by atoms with E-state index in [1.807, 2.05) is 6.92 Å². The lowest BCUT2D eigenvalue weighted by molar-refractivity contribution is -0.490. The number of carbonyl (C=O) groups excluding carboxylic acids is 2. The zero-order valence-corrected chi connectivity index (χ0v) is 13.1. The average molecular weight is 307 g/mol. The van der Waals surface area contributed by atoms with Gasteiger partial charge in [0.1, 0.15) is 6.29 Å². The van der Waals surface area contributed by atoms with Gasteiger partial charge in [0.2, 0.25) is 6.54 Å². The molecule has 0 aliphatic heterocycles. The molecule has 1 aromatic rings. The molecule has 0 radical (unpaired) electrons. The molecule has 6 heteroatoms. The van der Waals surface area contributed by atoms with Crippen LogP contribution in [0.2, 0.25) is 0 Å². The van der Waals surface area contributed by atoms with Gasteiger partial charge in [0.15, 0.2) is 5.41 Å². The summed E-state index contributed by atoms with van der Waals surface area (Å²) in [4.78, 5) is 34.7. The fraction of sp³-hybridized carbons (Fsp3) is 0.500. The Kier molecular flexibility index (Phi) is 6.22. The first-order chi connectivity index (χ1) is 10.4. The number of ether oxygens (including phenoxy) is 1. The number of aryl methyl sites for hydroxylation is 1. The summed E-state index contributed by atoms with van der Waals surface area (Å²) in [5, 5.41) is 11.2. The van der Waals surface area contributed by atoms with Crippen LogP contribution in [0.1, 0.15) is 31.4 Å². The van der Waals surface area contributed by atoms with Crippen LogP contribution < -0.4 is 0 Å². The third-order valence-electron chi connectivity index (χ3n) is 3.82. The van der Waals surface area contributed by atoms with Crippen LogP contribution in [0.4, 0.5) is 0 Å². The van der Waals surface area contributed by atoms with Crippen molar-refractivity contribution in [2.24, 2.45) is 5.92 Å². The highest BCUT2D eigenvalue weighted by molar-refractivity contribution is 5.87. The zero-order valence-electron chi connectivity index (χ0n) is 13.1. The van der Waals surface area contributed by atoms with Crippen LogP contribution >= 0.6 is 0 Å². The molecule has 0 amide bonds. The molecule has 0 aliphatic rings. The van der Waals surface area contributed by atoms with Crippen molar-refractivity contribution in [3.05, 3.63) is 45.5 Å². The van der Waals surface area contributed by atoms with Crippen molar-refractivity contribution < 1.29 is 19.2 Å². The van der Waals surface area contributed by atoms with Crippen molar-refractivity contribution in [2.45, 2.75) is 32.6 Å². The van der Waals surface area contributed by atoms with Crippen LogP contribution in [0.15, 0.2) is 24.3 Å². The van der Waals surface area contributed by atoms with E-state index in [9.17, 15) is 19.7 Å². The van der Waals surface area contributed by atoms with Gasteiger partial charge in [-0.2, -0.15) is 0 Å². The summed E-state index contributed by atoms with van der Waals surface area (Å²) in [5.41, 5.74) is -0.196. The Morgan fingerprint density at radius 2 is 1.95 bits per heavy atom. The number of rotatable bonds is 8. The molecule has 1 aromatic carbocycles. The van der Waals surface area contributed by atoms with Gasteiger partial charge in [0, 0.05) is 10.8 Å². The highest BCUT2D eigenvalue weighted by Gasteiger charge is 2.52. The highest BCUT2D eigenvalue weighted by Crippen LogP contribution is 2.36. The van der Waals surface area contributed by atoms with Gasteiger partial charge in [-0.25, -0.2) is 0 Å². The summed E-state index contributed by atoms with van der Waals surface area (Å²) in [7, 11) is 0. The number of carbonyl (C=O) groups is 2. The number of esters is 1. The van der Waals surface area contributed by atoms with Crippen LogP contribution in [0.3, 0.4) is 0 Å². The summed E-state index contributed by atoms with van der Waals surface area (Å²) >= 11 is 0. The first-order valence-corrected chi connectivity index (χ1v) is 7.23. The summed E-state index contributed by atoms with van der Waals surface area (Å²) in [6, 6.07) is 6.84. The van der Waals surface area contributed by atoms with Crippen molar-refractivity contribution >= 4 is 12.3 Å². The van der Waals surface area contributed by atoms with E-state index in [1.54, 1.807) is 38.1 Å². The van der Waals surface area contributed by atoms with Gasteiger partial charge in [-0.3, -0.25) is 14.9 Å². The fourth-order valence-electron chi connectivity index (χ4n) is 2.63. The predicted molar refractivity (Wildman–Crippen MR) is 81.2 cm³/mol. The van der Waals surface area contributed by atoms with E-state index in [2.05, 4.69) is 0 Å². The van der Waals surface area contributed by atoms with E-state index in [1.165, 1.54) is 0 Å². The third kappa shape index (κ3) is 3.50. The van der Waals surface area contributed by atoms with Gasteiger partial charge in [-0.15, -0.1) is 0 Å². The van der Waals surface area contributed by atoms with E-state index in [0.29, 0.717) is 18.3 Å². The molecule has 0 saturated heterocycles. The molecule has 22 heavy (non-hydrogen) atoms. The molecule has 0 aliphatic carbocycles. The molecule has 0 N–H and O–H groups in total. The molecule has 6 nitrogen and oxygen atoms in total. The van der Waals surface area contributed by atoms with Gasteiger partial charge in [-0.1, -0.05) is 36.8 Å². The lowest BCUT2D eigenvalue weighted by atomic mass is 9.69. The maximum atomic E-state index is 12.6. The van der Waals surface area contributed by atoms with Crippen LogP contribution in [-0.4, -0.2) is 30.3 Å². The molecule has 1 rings (SSSR count). The molecule has 120 valence electrons. The van der Waals surface area contributed by atoms with Crippen LogP contribution in [0.25, 0.3) is 0 Å². The van der Waals surface area contributed by atoms with E-state index >= 15 is 0 Å². The molecule has 0 spiro atoms. The standard InChI is InChI=1S/C16H21NO5/c1-4-13(10-18)16(11-17(20)21,15(19)22-5-2)14-8-6-12(3)7-9-14/h6-10,13H,4-5,11H2,1-3H3. The average Bonchev–Trinajstić information content (AvgIpc) is 2.47. The van der Waals surface area contributed by atoms with Gasteiger partial charge in [-0.05, 0) is 25.8 Å². The maximum absolute atomic E-state index is 12.6. The molecule has 2 atom stereocenters. The van der Waals surface area contributed by atoms with Crippen molar-refractivity contribution in [3.63, 3.8) is 0 Å². The van der Waals surface area contributed by atoms with Gasteiger partial charge >= 0.3 is 5.97 Å². The predicted octanol–water partition coefficient (Wildman–Crippen LogP) is 2.30. The first-order valence-electron chi connectivity index (χ1n) is 7.23. The minimum Gasteiger partial charge on any atom is -0.465 e. The topological polar surface area (TPSA) is 86.5 Å². The summed E-state index contributed by atoms with van der Waals surface area (Å²) in [6.07, 6.45) is 0.921. The Labute approximate surface area is 129 Å². The van der Waals surface area contributed by atoms with Gasteiger partial charge in [0.25, 0.3) is 0 Å². The summed E-state index contributed by atoms with van der Waals surface area (Å²) in [6.45, 7) is 4.65. The smallest absolute Gasteiger partial charge is 0.324 e. The fourth-order valence-corrected chi connectivity index (χ4v) is 2.63. The molecular formula is C16H21NO5. The number of aldehydes is 1. The first kappa shape index (κ1) is 17.8. The SMILES string of the molecule is CCOC(=O)C(C[N+](=O)[O-])(c1ccc(C)cc1)C(C=O)CC. The number of nitrogens with zero attached hydrogens (tertiary/aromatic N) is 1. The monoisotopic (exact) mass is 307 g/mol. The molecule has 0 saturated carbocycles. The van der Waals surface area contributed by atoms with Crippen LogP contribution in [0.5, 0.6) is 0 Å². The Morgan fingerprint density at radius 3 is 2.36 bits per heavy atom. The van der Waals surface area contributed by atoms with Gasteiger partial charge in [0.05, 0.1) is 6.61 Å². The summed E-state index contributed by atoms with van der Waals surface area (Å²) in [5.74, 6) is -1.55. The Morgan fingerprint density at radius 1 is 1.36 bits per heavy atom. The molecule has 2 unspecified atom stereocenters. The maximum Gasteiger partial charge on any atom is 0.324 e. The van der Waals surface area contributed by atoms with E-state index < -0.39 is 28.8 Å². The summed E-state index contributed by atoms with van der Waals surface area (Å²) < 4.78 is 5.08. The largest absolute Gasteiger partial charge is 0.465 e. The van der Waals surface area contributed by atoms with Gasteiger partial charge < -0.3 is 9.53 Å². The number of hydrogen-bond acceptors (Lipinski definition) is 5. The molecule has 0 bridgehead atoms. The van der Waals surface area contributed by atoms with E-state index in [-0.39, 0.29) is 6.61 Å². The second-order valence-electron chi connectivity index (χ2n) is 5.20. The van der Waals surface area contributed by atoms with E-state index in [0.717, 1.165) is 5.56 Å². The number of nitro groups is 1. The molecule has 0 aromatic heterocycles. The Balaban J connectivity index is 3.54. The number of benzene rings is 1. The van der Waals surface area contributed by atoms with E-state index in [4.69, 9.17) is 4.74 Å². The van der Waals surface area contributed by atoms with Crippen LogP contribution in [0, 0.1) is 23.0 Å². The molecular weight excluding hydrogens is 286 g/mol.